The third-order valence-electron chi connectivity index (χ3n) is 1.82. The lowest BCUT2D eigenvalue weighted by atomic mass is 10.2. The van der Waals surface area contributed by atoms with Crippen LogP contribution in [-0.2, 0) is 9.59 Å². The first-order valence-corrected chi connectivity index (χ1v) is 5.12. The zero-order valence-electron chi connectivity index (χ0n) is 9.11. The van der Waals surface area contributed by atoms with E-state index in [0.717, 1.165) is 0 Å². The van der Waals surface area contributed by atoms with Crippen LogP contribution >= 0.6 is 11.6 Å². The van der Waals surface area contributed by atoms with Gasteiger partial charge in [0.05, 0.1) is 12.5 Å². The van der Waals surface area contributed by atoms with Crippen LogP contribution in [0.3, 0.4) is 0 Å². The number of hydrogen-bond donors (Lipinski definition) is 3. The molecule has 1 atom stereocenters. The van der Waals surface area contributed by atoms with E-state index in [1.807, 2.05) is 0 Å². The number of aromatic nitrogens is 2. The van der Waals surface area contributed by atoms with E-state index in [9.17, 15) is 9.59 Å². The number of primary amides is 1. The molecule has 92 valence electrons. The molecule has 5 N–H and O–H groups in total. The summed E-state index contributed by atoms with van der Waals surface area (Å²) in [5.41, 5.74) is 11.0. The molecular formula is C9H12ClN5O2. The Labute approximate surface area is 103 Å². The number of carbonyl (C=O) groups excluding carboxylic acids is 2. The minimum Gasteiger partial charge on any atom is -0.370 e. The number of rotatable bonds is 4. The fourth-order valence-corrected chi connectivity index (χ4v) is 1.34. The molecule has 1 aromatic heterocycles. The summed E-state index contributed by atoms with van der Waals surface area (Å²) in [5.74, 6) is -1.21. The maximum atomic E-state index is 11.5. The smallest absolute Gasteiger partial charge is 0.244 e. The highest BCUT2D eigenvalue weighted by Gasteiger charge is 2.17. The predicted octanol–water partition coefficient (Wildman–Crippen LogP) is -0.420. The Hall–Kier alpha value is -1.73. The van der Waals surface area contributed by atoms with Crippen molar-refractivity contribution in [1.82, 2.24) is 9.97 Å². The molecule has 0 spiro atoms. The Morgan fingerprint density at radius 1 is 1.53 bits per heavy atom. The molecule has 0 aromatic carbocycles. The van der Waals surface area contributed by atoms with E-state index in [1.165, 1.54) is 0 Å². The minimum atomic E-state index is -1.03. The molecule has 0 aliphatic heterocycles. The van der Waals surface area contributed by atoms with Crippen LogP contribution < -0.4 is 16.8 Å². The summed E-state index contributed by atoms with van der Waals surface area (Å²) in [6.07, 6.45) is -0.245. The third kappa shape index (κ3) is 4.33. The van der Waals surface area contributed by atoms with Gasteiger partial charge < -0.3 is 11.5 Å². The van der Waals surface area contributed by atoms with Crippen LogP contribution in [-0.4, -0.2) is 27.8 Å². The molecule has 0 saturated carbocycles. The summed E-state index contributed by atoms with van der Waals surface area (Å²) in [6.45, 7) is 1.70. The highest BCUT2D eigenvalue weighted by molar-refractivity contribution is 6.29. The van der Waals surface area contributed by atoms with Crippen LogP contribution in [0.5, 0.6) is 0 Å². The number of nitrogens with one attached hydrogen (secondary N) is 1. The Morgan fingerprint density at radius 3 is 2.71 bits per heavy atom. The van der Waals surface area contributed by atoms with E-state index in [1.54, 1.807) is 13.0 Å². The highest BCUT2D eigenvalue weighted by Crippen LogP contribution is 2.09. The number of halogens is 1. The number of nitrogens with two attached hydrogens (primary N) is 2. The van der Waals surface area contributed by atoms with E-state index in [0.29, 0.717) is 5.69 Å². The largest absolute Gasteiger partial charge is 0.370 e. The molecule has 0 fully saturated rings. The van der Waals surface area contributed by atoms with Gasteiger partial charge in [-0.3, -0.25) is 14.9 Å². The van der Waals surface area contributed by atoms with Crippen LogP contribution in [0.1, 0.15) is 12.1 Å². The van der Waals surface area contributed by atoms with E-state index in [4.69, 9.17) is 23.1 Å². The number of amides is 2. The Morgan fingerprint density at radius 2 is 2.18 bits per heavy atom. The van der Waals surface area contributed by atoms with Gasteiger partial charge >= 0.3 is 0 Å². The fourth-order valence-electron chi connectivity index (χ4n) is 1.10. The average molecular weight is 258 g/mol. The van der Waals surface area contributed by atoms with Gasteiger partial charge in [-0.25, -0.2) is 9.97 Å². The second kappa shape index (κ2) is 5.55. The number of anilines is 1. The molecular weight excluding hydrogens is 246 g/mol. The lowest BCUT2D eigenvalue weighted by molar-refractivity contribution is -0.123. The van der Waals surface area contributed by atoms with E-state index < -0.39 is 17.9 Å². The van der Waals surface area contributed by atoms with Gasteiger partial charge in [-0.2, -0.15) is 0 Å². The zero-order valence-corrected chi connectivity index (χ0v) is 9.86. The zero-order chi connectivity index (χ0) is 13.0. The first-order chi connectivity index (χ1) is 7.88. The minimum absolute atomic E-state index is 0.0416. The lowest BCUT2D eigenvalue weighted by Gasteiger charge is -2.09. The van der Waals surface area contributed by atoms with Crippen LogP contribution in [0, 0.1) is 6.92 Å². The standard InChI is InChI=1S/C9H12ClN5O2/c1-4-2-6(10)14-9(13-4)15-8(17)5(11)3-7(12)16/h2,5H,3,11H2,1H3,(H2,12,16)(H,13,14,15,17). The van der Waals surface area contributed by atoms with Gasteiger partial charge in [0, 0.05) is 5.69 Å². The molecule has 1 aromatic rings. The van der Waals surface area contributed by atoms with E-state index in [2.05, 4.69) is 15.3 Å². The molecule has 17 heavy (non-hydrogen) atoms. The monoisotopic (exact) mass is 257 g/mol. The summed E-state index contributed by atoms with van der Waals surface area (Å²) >= 11 is 5.69. The summed E-state index contributed by atoms with van der Waals surface area (Å²) in [6, 6.07) is 0.510. The van der Waals surface area contributed by atoms with Crippen molar-refractivity contribution < 1.29 is 9.59 Å². The Bertz CT molecular complexity index is 431. The van der Waals surface area contributed by atoms with Crippen molar-refractivity contribution in [3.63, 3.8) is 0 Å². The van der Waals surface area contributed by atoms with Gasteiger partial charge in [-0.15, -0.1) is 0 Å². The Balaban J connectivity index is 2.70. The van der Waals surface area contributed by atoms with Gasteiger partial charge in [0.25, 0.3) is 0 Å². The van der Waals surface area contributed by atoms with Crippen molar-refractivity contribution in [2.75, 3.05) is 5.32 Å². The maximum absolute atomic E-state index is 11.5. The van der Waals surface area contributed by atoms with Gasteiger partial charge in [0.15, 0.2) is 0 Å². The molecule has 7 nitrogen and oxygen atoms in total. The molecule has 1 unspecified atom stereocenters. The van der Waals surface area contributed by atoms with E-state index in [-0.39, 0.29) is 17.5 Å². The predicted molar refractivity (Wildman–Crippen MR) is 62.2 cm³/mol. The summed E-state index contributed by atoms with van der Waals surface area (Å²) in [4.78, 5) is 29.8. The molecule has 0 radical (unpaired) electrons. The second-order valence-electron chi connectivity index (χ2n) is 3.42. The quantitative estimate of drug-likeness (QED) is 0.632. The number of hydrogen-bond acceptors (Lipinski definition) is 5. The molecule has 1 rings (SSSR count). The molecule has 0 saturated heterocycles. The fraction of sp³-hybridized carbons (Fsp3) is 0.333. The van der Waals surface area contributed by atoms with Crippen molar-refractivity contribution in [1.29, 1.82) is 0 Å². The van der Waals surface area contributed by atoms with Gasteiger partial charge in [-0.1, -0.05) is 11.6 Å². The third-order valence-corrected chi connectivity index (χ3v) is 2.01. The normalized spacial score (nSPS) is 11.9. The first-order valence-electron chi connectivity index (χ1n) is 4.74. The number of aryl methyl sites for hydroxylation is 1. The van der Waals surface area contributed by atoms with Crippen LogP contribution in [0.2, 0.25) is 5.15 Å². The molecule has 2 amide bonds. The topological polar surface area (TPSA) is 124 Å². The number of nitrogens with zero attached hydrogens (tertiary/aromatic N) is 2. The van der Waals surface area contributed by atoms with Crippen molar-refractivity contribution in [3.05, 3.63) is 16.9 Å². The van der Waals surface area contributed by atoms with Crippen LogP contribution in [0.15, 0.2) is 6.07 Å². The Kier molecular flexibility index (Phi) is 4.36. The van der Waals surface area contributed by atoms with Gasteiger partial charge in [-0.05, 0) is 13.0 Å². The summed E-state index contributed by atoms with van der Waals surface area (Å²) < 4.78 is 0. The molecule has 1 heterocycles. The molecule has 0 aliphatic carbocycles. The second-order valence-corrected chi connectivity index (χ2v) is 3.81. The van der Waals surface area contributed by atoms with Crippen molar-refractivity contribution in [2.45, 2.75) is 19.4 Å². The van der Waals surface area contributed by atoms with Crippen molar-refractivity contribution >= 4 is 29.4 Å². The molecule has 8 heteroatoms. The van der Waals surface area contributed by atoms with Crippen LogP contribution in [0.25, 0.3) is 0 Å². The number of carbonyl (C=O) groups is 2. The van der Waals surface area contributed by atoms with Crippen molar-refractivity contribution in [3.8, 4) is 0 Å². The SMILES string of the molecule is Cc1cc(Cl)nc(NC(=O)C(N)CC(N)=O)n1. The average Bonchev–Trinajstić information content (AvgIpc) is 2.14. The maximum Gasteiger partial charge on any atom is 0.244 e. The highest BCUT2D eigenvalue weighted by atomic mass is 35.5. The summed E-state index contributed by atoms with van der Waals surface area (Å²) in [7, 11) is 0. The van der Waals surface area contributed by atoms with Gasteiger partial charge in [0.2, 0.25) is 17.8 Å². The van der Waals surface area contributed by atoms with Gasteiger partial charge in [0.1, 0.15) is 5.15 Å². The van der Waals surface area contributed by atoms with E-state index >= 15 is 0 Å². The molecule has 0 bridgehead atoms. The lowest BCUT2D eigenvalue weighted by Crippen LogP contribution is -2.39. The first kappa shape index (κ1) is 13.3. The summed E-state index contributed by atoms with van der Waals surface area (Å²) in [5, 5.41) is 2.56. The van der Waals surface area contributed by atoms with Crippen LogP contribution in [0.4, 0.5) is 5.95 Å². The molecule has 0 aliphatic rings. The van der Waals surface area contributed by atoms with Crippen molar-refractivity contribution in [2.24, 2.45) is 11.5 Å².